The minimum absolute atomic E-state index is 0.00422. The molecule has 0 spiro atoms. The molecule has 55 nitrogen and oxygen atoms in total. The number of hydrogen-bond donors (Lipinski definition) is 29. The Hall–Kier alpha value is -10.7. The first-order valence-corrected chi connectivity index (χ1v) is 41.6. The fraction of sp³-hybridized carbons (Fsp3) is 0.733. The van der Waals surface area contributed by atoms with Crippen molar-refractivity contribution in [3.8, 4) is 0 Å². The number of aromatic amines is 1. The molecule has 55 heteroatoms. The summed E-state index contributed by atoms with van der Waals surface area (Å²) in [7, 11) is 0. The lowest BCUT2D eigenvalue weighted by Crippen LogP contribution is -2.71. The Bertz CT molecular complexity index is 4120. The Morgan fingerprint density at radius 2 is 1.18 bits per heavy atom. The molecule has 1 aromatic heterocycles. The molecule has 33 N–H and O–H groups in total. The molecular formula is C75H122N20O35. The Morgan fingerprint density at radius 3 is 1.72 bits per heavy atom. The minimum atomic E-state index is -3.33. The topological polar surface area (TPSA) is 875 Å². The maximum Gasteiger partial charge on any atom is 0.364 e. The number of amides is 14. The summed E-state index contributed by atoms with van der Waals surface area (Å²) in [6.07, 6.45) is -33.3. The maximum atomic E-state index is 15.5. The predicted octanol–water partition coefficient (Wildman–Crippen LogP) is -16.3. The SMILES string of the molecule is CC(=O)N[C@H]1[C@@H](O[C@H](C)[C@H](NC(=O)[C@H](CC(=O)O)NC(=O)[C@@H]2CCCN2C(=O)[C@H](C)NC(=O)[C@H](CO)NC(=O)[C@@H](NC(=O)[C@@H](NC(=O)CNC(=O)[C@@H](N)Cc2cnc[nH]2)C(C)C)[C@@H](C)O)C(=O)N[C@@H](CCCN=C(N)N)C(=O)N2CCC[C@H]2C(=O)N[C@@H](C)C(N)=O)O[C@H](CO)[C@H](O)[C@@H]1O[C@@H]1O[C@H](CO)[C@H](O)[C@H](O[C@]2(C(=O)O)C[C@H](O)[C@@H](NC(C)=O)[C@H]([C@H](O)[C@H](O)CO)O2)[C@H]1O. The van der Waals surface area contributed by atoms with E-state index in [0.29, 0.717) is 5.69 Å². The van der Waals surface area contributed by atoms with Crippen LogP contribution in [-0.4, -0.2) is 416 Å². The number of nitrogens with one attached hydrogen (secondary N) is 12. The van der Waals surface area contributed by atoms with Gasteiger partial charge in [0.25, 0.3) is 5.79 Å². The van der Waals surface area contributed by atoms with E-state index in [-0.39, 0.29) is 58.2 Å². The van der Waals surface area contributed by atoms with Gasteiger partial charge in [-0.05, 0) is 72.1 Å². The van der Waals surface area contributed by atoms with Gasteiger partial charge in [0, 0.05) is 58.2 Å². The van der Waals surface area contributed by atoms with Crippen LogP contribution < -0.4 is 81.4 Å². The molecule has 5 aliphatic heterocycles. The van der Waals surface area contributed by atoms with E-state index in [9.17, 15) is 134 Å². The van der Waals surface area contributed by atoms with Gasteiger partial charge in [-0.1, -0.05) is 13.8 Å². The lowest BCUT2D eigenvalue weighted by molar-refractivity contribution is -0.382. The first kappa shape index (κ1) is 108. The second-order valence-electron chi connectivity index (χ2n) is 32.3. The molecule has 0 bridgehead atoms. The number of hydrogen-bond acceptors (Lipinski definition) is 36. The fourth-order valence-corrected chi connectivity index (χ4v) is 15.0. The van der Waals surface area contributed by atoms with Gasteiger partial charge in [0.15, 0.2) is 18.5 Å². The number of aliphatic imine (C=N–C) groups is 1. The number of aliphatic carboxylic acids is 2. The largest absolute Gasteiger partial charge is 0.481 e. The van der Waals surface area contributed by atoms with Gasteiger partial charge in [0.1, 0.15) is 127 Å². The second kappa shape index (κ2) is 49.5. The Labute approximate surface area is 742 Å². The van der Waals surface area contributed by atoms with Crippen molar-refractivity contribution in [3.05, 3.63) is 18.2 Å². The van der Waals surface area contributed by atoms with Gasteiger partial charge in [-0.15, -0.1) is 0 Å². The number of aliphatic hydroxyl groups is 11. The zero-order chi connectivity index (χ0) is 97.4. The number of carboxylic acid groups (broad SMARTS) is 2. The molecule has 732 valence electrons. The lowest BCUT2D eigenvalue weighted by Gasteiger charge is -2.51. The van der Waals surface area contributed by atoms with Crippen LogP contribution in [0.25, 0.3) is 0 Å². The molecule has 5 fully saturated rings. The van der Waals surface area contributed by atoms with Crippen molar-refractivity contribution in [2.45, 2.75) is 289 Å². The average Bonchev–Trinajstić information content (AvgIpc) is 0.950. The summed E-state index contributed by atoms with van der Waals surface area (Å²) in [4.78, 5) is 232. The quantitative estimate of drug-likeness (QED) is 0.0164. The Balaban J connectivity index is 1.30. The highest BCUT2D eigenvalue weighted by Crippen LogP contribution is 2.39. The van der Waals surface area contributed by atoms with Crippen molar-refractivity contribution in [1.29, 1.82) is 0 Å². The number of imidazole rings is 1. The number of aromatic nitrogens is 2. The molecule has 6 rings (SSSR count). The van der Waals surface area contributed by atoms with E-state index >= 15 is 9.59 Å². The van der Waals surface area contributed by atoms with E-state index in [0.717, 1.165) is 44.4 Å². The van der Waals surface area contributed by atoms with Crippen molar-refractivity contribution < 1.29 is 172 Å². The van der Waals surface area contributed by atoms with Crippen molar-refractivity contribution in [2.24, 2.45) is 33.8 Å². The van der Waals surface area contributed by atoms with E-state index in [1.54, 1.807) is 0 Å². The number of rotatable bonds is 47. The van der Waals surface area contributed by atoms with Crippen LogP contribution in [0.2, 0.25) is 0 Å². The fourth-order valence-electron chi connectivity index (χ4n) is 15.0. The van der Waals surface area contributed by atoms with Gasteiger partial charge in [-0.25, -0.2) is 9.78 Å². The second-order valence-corrected chi connectivity index (χ2v) is 32.3. The average molecular weight is 1860 g/mol. The van der Waals surface area contributed by atoms with Crippen LogP contribution in [0.4, 0.5) is 0 Å². The molecule has 1 aromatic rings. The zero-order valence-electron chi connectivity index (χ0n) is 72.3. The van der Waals surface area contributed by atoms with Crippen molar-refractivity contribution in [1.82, 2.24) is 78.3 Å². The summed E-state index contributed by atoms with van der Waals surface area (Å²) in [5, 5.41) is 168. The van der Waals surface area contributed by atoms with Crippen LogP contribution >= 0.6 is 0 Å². The first-order chi connectivity index (χ1) is 61.0. The van der Waals surface area contributed by atoms with Crippen molar-refractivity contribution in [3.63, 3.8) is 0 Å². The molecule has 5 aliphatic rings. The van der Waals surface area contributed by atoms with Crippen LogP contribution in [0.1, 0.15) is 112 Å². The van der Waals surface area contributed by atoms with Crippen LogP contribution in [0.15, 0.2) is 17.5 Å². The molecule has 0 unspecified atom stereocenters. The highest BCUT2D eigenvalue weighted by atomic mass is 16.8. The normalized spacial score (nSPS) is 27.4. The highest BCUT2D eigenvalue weighted by Gasteiger charge is 2.61. The first-order valence-electron chi connectivity index (χ1n) is 41.6. The Kier molecular flexibility index (Phi) is 41.1. The summed E-state index contributed by atoms with van der Waals surface area (Å²) in [5.41, 5.74) is 23.1. The third-order valence-electron chi connectivity index (χ3n) is 21.9. The number of nitrogens with two attached hydrogens (primary N) is 4. The number of carboxylic acids is 2. The van der Waals surface area contributed by atoms with Gasteiger partial charge < -0.3 is 191 Å². The van der Waals surface area contributed by atoms with Gasteiger partial charge in [0.2, 0.25) is 82.7 Å². The summed E-state index contributed by atoms with van der Waals surface area (Å²) in [5.74, 6) is -23.5. The van der Waals surface area contributed by atoms with Gasteiger partial charge in [-0.2, -0.15) is 0 Å². The number of aliphatic hydroxyl groups excluding tert-OH is 11. The molecule has 0 saturated carbocycles. The molecule has 5 saturated heterocycles. The third-order valence-corrected chi connectivity index (χ3v) is 21.9. The van der Waals surface area contributed by atoms with Crippen molar-refractivity contribution in [2.75, 3.05) is 52.6 Å². The third kappa shape index (κ3) is 29.1. The van der Waals surface area contributed by atoms with Crippen LogP contribution in [0.5, 0.6) is 0 Å². The standard InChI is InChI=1S/C75H122N20O35/c1-28(2)48(91-46(105)22-82-61(113)36(76)18-35-21-80-27-83-35)66(118)92-49(31(5)100)67(119)90-39(23-96)63(115)85-30(4)69(121)94-16-10-14-41(94)65(117)89-38(19-47(106)107)62(114)93-50(68(120)88-37(12-9-15-81-74(78)79)70(122)95-17-11-13-40(95)64(116)84-29(3)60(77)112)32(6)125-71-52(87-34(8)102)57(54(109)44(25-98)126-71)128-72-56(111)59(55(110)45(26-99)127-72)130-75(73(123)124)20-42(103)51(86-33(7)101)58(129-75)53(108)43(104)24-97/h21,27-32,36-45,48-59,71-72,96-100,103-104,108-111H,9-20,22-26,76H2,1-8H3,(H2,77,112)(H,80,83)(H,82,113)(H,84,116)(H,85,115)(H,86,101)(H,87,102)(H,88,120)(H,89,117)(H,90,119)(H,91,105)(H,92,118)(H,93,114)(H,106,107)(H,123,124)(H4,78,79,81)/t29-,30-,31+,32+,36-,37-,38-,39-,40-,41-,42-,43+,44+,45+,48-,49-,50-,51+,52+,53+,54-,55-,56+,57+,58+,59-,71-,72-,75-/m0/s1. The molecular weight excluding hydrogens is 1740 g/mol. The van der Waals surface area contributed by atoms with Crippen molar-refractivity contribution >= 4 is 101 Å². The zero-order valence-corrected chi connectivity index (χ0v) is 72.3. The number of carbonyl (C=O) groups is 16. The number of primary amides is 1. The molecule has 0 aliphatic carbocycles. The number of carbonyl (C=O) groups excluding carboxylic acids is 14. The molecule has 0 aromatic carbocycles. The molecule has 0 radical (unpaired) electrons. The number of H-pyrrole nitrogens is 1. The lowest BCUT2D eigenvalue weighted by atomic mass is 9.88. The number of nitrogens with zero attached hydrogens (tertiary/aromatic N) is 4. The van der Waals surface area contributed by atoms with Crippen LogP contribution in [0.3, 0.4) is 0 Å². The van der Waals surface area contributed by atoms with E-state index in [2.05, 4.69) is 73.4 Å². The molecule has 14 amide bonds. The maximum absolute atomic E-state index is 15.5. The van der Waals surface area contributed by atoms with Gasteiger partial charge in [0.05, 0.1) is 76.1 Å². The predicted molar refractivity (Wildman–Crippen MR) is 434 cm³/mol. The summed E-state index contributed by atoms with van der Waals surface area (Å²) < 4.78 is 35.7. The molecule has 29 atom stereocenters. The summed E-state index contributed by atoms with van der Waals surface area (Å²) in [6, 6.07) is -22.4. The van der Waals surface area contributed by atoms with Crippen LogP contribution in [-0.2, 0) is 112 Å². The van der Waals surface area contributed by atoms with Crippen LogP contribution in [0, 0.1) is 5.92 Å². The monoisotopic (exact) mass is 1860 g/mol. The summed E-state index contributed by atoms with van der Waals surface area (Å²) in [6.45, 7) is 3.26. The van der Waals surface area contributed by atoms with E-state index in [1.165, 1.54) is 33.3 Å². The number of guanidine groups is 1. The Morgan fingerprint density at radius 1 is 0.631 bits per heavy atom. The van der Waals surface area contributed by atoms with Gasteiger partial charge in [-0.3, -0.25) is 76.9 Å². The summed E-state index contributed by atoms with van der Waals surface area (Å²) >= 11 is 0. The van der Waals surface area contributed by atoms with E-state index in [1.807, 2.05) is 0 Å². The number of ether oxygens (including phenoxy) is 6. The minimum Gasteiger partial charge on any atom is -0.481 e. The van der Waals surface area contributed by atoms with Gasteiger partial charge >= 0.3 is 11.9 Å². The number of likely N-dealkylation sites (tertiary alicyclic amines) is 2. The van der Waals surface area contributed by atoms with E-state index in [4.69, 9.17) is 51.4 Å². The van der Waals surface area contributed by atoms with E-state index < -0.39 is 335 Å². The highest BCUT2D eigenvalue weighted by molar-refractivity contribution is 6.00. The molecule has 130 heavy (non-hydrogen) atoms. The smallest absolute Gasteiger partial charge is 0.364 e. The molecule has 6 heterocycles.